The SMILES string of the molecule is CC.CC.CC1c2ccccc2Pc2ccccc21. The molecule has 0 amide bonds. The third kappa shape index (κ3) is 3.45. The average Bonchev–Trinajstić information content (AvgIpc) is 2.52. The molecule has 3 rings (SSSR count). The van der Waals surface area contributed by atoms with Crippen molar-refractivity contribution < 1.29 is 0 Å². The molecule has 2 aromatic rings. The molecule has 0 nitrogen and oxygen atoms in total. The summed E-state index contributed by atoms with van der Waals surface area (Å²) in [6, 6.07) is 17.6. The Morgan fingerprint density at radius 1 is 0.684 bits per heavy atom. The molecule has 0 fully saturated rings. The molecule has 0 atom stereocenters. The van der Waals surface area contributed by atoms with Gasteiger partial charge in [-0.05, 0) is 21.7 Å². The third-order valence-electron chi connectivity index (χ3n) is 3.12. The Morgan fingerprint density at radius 3 is 1.47 bits per heavy atom. The van der Waals surface area contributed by atoms with Crippen molar-refractivity contribution in [3.05, 3.63) is 59.7 Å². The van der Waals surface area contributed by atoms with E-state index in [-0.39, 0.29) is 0 Å². The minimum Gasteiger partial charge on any atom is -0.0683 e. The summed E-state index contributed by atoms with van der Waals surface area (Å²) in [5.41, 5.74) is 3.02. The van der Waals surface area contributed by atoms with Crippen molar-refractivity contribution in [3.8, 4) is 0 Å². The molecule has 0 aliphatic carbocycles. The lowest BCUT2D eigenvalue weighted by molar-refractivity contribution is 0.934. The molecular formula is C18H25P. The van der Waals surface area contributed by atoms with Crippen molar-refractivity contribution in [3.63, 3.8) is 0 Å². The summed E-state index contributed by atoms with van der Waals surface area (Å²) < 4.78 is 0. The molecule has 0 aromatic heterocycles. The van der Waals surface area contributed by atoms with Crippen molar-refractivity contribution in [1.82, 2.24) is 0 Å². The molecule has 0 N–H and O–H groups in total. The number of fused-ring (bicyclic) bond motifs is 2. The highest BCUT2D eigenvalue weighted by atomic mass is 31.1. The standard InChI is InChI=1S/C14H13P.2C2H6/c1-10-11-6-2-4-8-13(11)15-14-9-5-3-7-12(10)14;2*1-2/h2-10,15H,1H3;2*1-2H3. The van der Waals surface area contributed by atoms with Gasteiger partial charge >= 0.3 is 0 Å². The van der Waals surface area contributed by atoms with E-state index < -0.39 is 0 Å². The Kier molecular flexibility index (Phi) is 6.81. The molecule has 2 aromatic carbocycles. The van der Waals surface area contributed by atoms with E-state index in [0.29, 0.717) is 5.92 Å². The molecule has 0 radical (unpaired) electrons. The van der Waals surface area contributed by atoms with Gasteiger partial charge in [-0.15, -0.1) is 0 Å². The molecule has 102 valence electrons. The monoisotopic (exact) mass is 272 g/mol. The first-order valence-electron chi connectivity index (χ1n) is 7.31. The lowest BCUT2D eigenvalue weighted by Gasteiger charge is -2.25. The van der Waals surface area contributed by atoms with Crippen LogP contribution < -0.4 is 10.6 Å². The number of hydrogen-bond acceptors (Lipinski definition) is 0. The maximum absolute atomic E-state index is 2.31. The topological polar surface area (TPSA) is 0 Å². The van der Waals surface area contributed by atoms with Gasteiger partial charge in [-0.1, -0.05) is 91.7 Å². The number of benzene rings is 2. The quantitative estimate of drug-likeness (QED) is 0.602. The van der Waals surface area contributed by atoms with Crippen LogP contribution in [0.15, 0.2) is 48.5 Å². The molecule has 1 aliphatic heterocycles. The maximum Gasteiger partial charge on any atom is 0.00736 e. The first kappa shape index (κ1) is 15.9. The highest BCUT2D eigenvalue weighted by Gasteiger charge is 2.20. The Morgan fingerprint density at radius 2 is 1.05 bits per heavy atom. The van der Waals surface area contributed by atoms with Crippen LogP contribution in [0.4, 0.5) is 0 Å². The molecule has 0 spiro atoms. The van der Waals surface area contributed by atoms with Gasteiger partial charge in [0.25, 0.3) is 0 Å². The normalized spacial score (nSPS) is 16.2. The summed E-state index contributed by atoms with van der Waals surface area (Å²) in [6.07, 6.45) is 0. The van der Waals surface area contributed by atoms with Crippen molar-refractivity contribution in [2.45, 2.75) is 40.5 Å². The predicted molar refractivity (Wildman–Crippen MR) is 90.7 cm³/mol. The highest BCUT2D eigenvalue weighted by molar-refractivity contribution is 7.56. The second-order valence-electron chi connectivity index (χ2n) is 4.02. The Hall–Kier alpha value is -1.13. The largest absolute Gasteiger partial charge is 0.0683 e. The van der Waals surface area contributed by atoms with Gasteiger partial charge in [0, 0.05) is 5.92 Å². The van der Waals surface area contributed by atoms with Gasteiger partial charge in [-0.2, -0.15) is 0 Å². The zero-order valence-electron chi connectivity index (χ0n) is 12.7. The van der Waals surface area contributed by atoms with Gasteiger partial charge in [0.15, 0.2) is 0 Å². The van der Waals surface area contributed by atoms with Gasteiger partial charge in [0.1, 0.15) is 0 Å². The predicted octanol–water partition coefficient (Wildman–Crippen LogP) is 4.83. The van der Waals surface area contributed by atoms with Crippen LogP contribution >= 0.6 is 8.58 Å². The van der Waals surface area contributed by atoms with Gasteiger partial charge in [-0.3, -0.25) is 0 Å². The van der Waals surface area contributed by atoms with Crippen LogP contribution in [-0.4, -0.2) is 0 Å². The van der Waals surface area contributed by atoms with Crippen molar-refractivity contribution >= 4 is 19.2 Å². The molecule has 0 saturated carbocycles. The fourth-order valence-corrected chi connectivity index (χ4v) is 3.83. The summed E-state index contributed by atoms with van der Waals surface area (Å²) >= 11 is 0. The summed E-state index contributed by atoms with van der Waals surface area (Å²) in [7, 11) is 0.830. The third-order valence-corrected chi connectivity index (χ3v) is 4.57. The van der Waals surface area contributed by atoms with E-state index in [2.05, 4.69) is 55.5 Å². The van der Waals surface area contributed by atoms with Crippen LogP contribution in [0.2, 0.25) is 0 Å². The Bertz CT molecular complexity index is 457. The van der Waals surface area contributed by atoms with Gasteiger partial charge in [0.2, 0.25) is 0 Å². The average molecular weight is 272 g/mol. The molecule has 1 heterocycles. The fraction of sp³-hybridized carbons (Fsp3) is 0.333. The van der Waals surface area contributed by atoms with E-state index in [0.717, 1.165) is 8.58 Å². The lowest BCUT2D eigenvalue weighted by Crippen LogP contribution is -2.22. The first-order valence-corrected chi connectivity index (χ1v) is 8.31. The van der Waals surface area contributed by atoms with Crippen molar-refractivity contribution in [2.75, 3.05) is 0 Å². The summed E-state index contributed by atoms with van der Waals surface area (Å²) in [4.78, 5) is 0. The minimum absolute atomic E-state index is 0.554. The summed E-state index contributed by atoms with van der Waals surface area (Å²) in [5.74, 6) is 0.554. The first-order chi connectivity index (χ1) is 9.36. The van der Waals surface area contributed by atoms with E-state index in [9.17, 15) is 0 Å². The number of hydrogen-bond donors (Lipinski definition) is 0. The molecule has 19 heavy (non-hydrogen) atoms. The molecule has 0 saturated heterocycles. The van der Waals surface area contributed by atoms with E-state index in [4.69, 9.17) is 0 Å². The summed E-state index contributed by atoms with van der Waals surface area (Å²) in [5, 5.41) is 3.03. The van der Waals surface area contributed by atoms with Crippen molar-refractivity contribution in [1.29, 1.82) is 0 Å². The van der Waals surface area contributed by atoms with E-state index >= 15 is 0 Å². The second kappa shape index (κ2) is 8.12. The Balaban J connectivity index is 0.000000415. The lowest BCUT2D eigenvalue weighted by atomic mass is 9.92. The highest BCUT2D eigenvalue weighted by Crippen LogP contribution is 2.32. The van der Waals surface area contributed by atoms with Crippen LogP contribution in [0.5, 0.6) is 0 Å². The molecule has 0 unspecified atom stereocenters. The molecule has 1 aliphatic rings. The van der Waals surface area contributed by atoms with Crippen LogP contribution in [0.25, 0.3) is 0 Å². The van der Waals surface area contributed by atoms with E-state index in [1.54, 1.807) is 0 Å². The molecule has 0 bridgehead atoms. The van der Waals surface area contributed by atoms with Crippen LogP contribution in [0.1, 0.15) is 51.7 Å². The van der Waals surface area contributed by atoms with E-state index in [1.165, 1.54) is 21.7 Å². The second-order valence-corrected chi connectivity index (χ2v) is 5.35. The summed E-state index contributed by atoms with van der Waals surface area (Å²) in [6.45, 7) is 10.3. The fourth-order valence-electron chi connectivity index (χ4n) is 2.29. The minimum atomic E-state index is 0.554. The van der Waals surface area contributed by atoms with E-state index in [1.807, 2.05) is 27.7 Å². The van der Waals surface area contributed by atoms with Crippen LogP contribution in [0.3, 0.4) is 0 Å². The molecule has 1 heteroatoms. The zero-order valence-corrected chi connectivity index (χ0v) is 13.7. The maximum atomic E-state index is 2.31. The van der Waals surface area contributed by atoms with Gasteiger partial charge in [0.05, 0.1) is 0 Å². The van der Waals surface area contributed by atoms with Crippen molar-refractivity contribution in [2.24, 2.45) is 0 Å². The Labute approximate surface area is 120 Å². The smallest absolute Gasteiger partial charge is 0.00736 e. The van der Waals surface area contributed by atoms with Crippen LogP contribution in [-0.2, 0) is 0 Å². The van der Waals surface area contributed by atoms with Gasteiger partial charge < -0.3 is 0 Å². The zero-order chi connectivity index (χ0) is 14.3. The van der Waals surface area contributed by atoms with Crippen LogP contribution in [0, 0.1) is 0 Å². The van der Waals surface area contributed by atoms with Gasteiger partial charge in [-0.25, -0.2) is 0 Å². The molecular weight excluding hydrogens is 247 g/mol. The number of rotatable bonds is 0.